The molecule has 2 N–H and O–H groups in total. The molecule has 0 bridgehead atoms. The lowest BCUT2D eigenvalue weighted by Gasteiger charge is -2.50. The van der Waals surface area contributed by atoms with Crippen LogP contribution in [0.2, 0.25) is 0 Å². The number of carbonyl (C=O) groups excluding carboxylic acids is 2. The second kappa shape index (κ2) is 11.1. The van der Waals surface area contributed by atoms with Gasteiger partial charge in [0.15, 0.2) is 5.84 Å². The number of anilines is 1. The van der Waals surface area contributed by atoms with Gasteiger partial charge in [0.05, 0.1) is 18.2 Å². The van der Waals surface area contributed by atoms with E-state index in [9.17, 15) is 14.9 Å². The molecule has 2 amide bonds. The molecule has 9 nitrogen and oxygen atoms in total. The summed E-state index contributed by atoms with van der Waals surface area (Å²) in [6.07, 6.45) is 7.13. The van der Waals surface area contributed by atoms with Crippen LogP contribution in [0.4, 0.5) is 5.69 Å². The number of amides is 2. The highest BCUT2D eigenvalue weighted by Crippen LogP contribution is 2.44. The largest absolute Gasteiger partial charge is 0.381 e. The van der Waals surface area contributed by atoms with E-state index in [-0.39, 0.29) is 35.1 Å². The highest BCUT2D eigenvalue weighted by atomic mass is 16.5. The van der Waals surface area contributed by atoms with E-state index in [4.69, 9.17) is 4.74 Å². The Balaban J connectivity index is 1.49. The zero-order valence-electron chi connectivity index (χ0n) is 23.4. The maximum Gasteiger partial charge on any atom is 0.290 e. The van der Waals surface area contributed by atoms with Crippen LogP contribution in [-0.4, -0.2) is 79.4 Å². The fourth-order valence-corrected chi connectivity index (χ4v) is 6.31. The standard InChI is InChI=1S/C30H40N6O3/c1-21(37)35-12-14-36(15-13-35)30(10-16-39-17-11-30)23-4-5-26(34-28(38)27-32-20-24(19-31)33-27)25(18-23)22-6-8-29(2,3)9-7-22/h4-6,18,24H,7-17,20H2,1-3H3,(H,32,33)(H,34,38). The van der Waals surface area contributed by atoms with Crippen molar-refractivity contribution < 1.29 is 14.3 Å². The highest BCUT2D eigenvalue weighted by molar-refractivity contribution is 6.42. The molecule has 3 heterocycles. The summed E-state index contributed by atoms with van der Waals surface area (Å²) in [5.41, 5.74) is 4.40. The smallest absolute Gasteiger partial charge is 0.290 e. The van der Waals surface area contributed by atoms with Crippen LogP contribution in [0.25, 0.3) is 5.57 Å². The first-order valence-electron chi connectivity index (χ1n) is 14.1. The van der Waals surface area contributed by atoms with Crippen LogP contribution in [0.3, 0.4) is 0 Å². The Kier molecular flexibility index (Phi) is 7.79. The summed E-state index contributed by atoms with van der Waals surface area (Å²) in [7, 11) is 0. The molecule has 1 aliphatic carbocycles. The fraction of sp³-hybridized carbons (Fsp3) is 0.600. The number of allylic oxidation sites excluding steroid dienone is 2. The molecule has 0 saturated carbocycles. The maximum atomic E-state index is 13.1. The van der Waals surface area contributed by atoms with E-state index < -0.39 is 6.04 Å². The molecule has 1 aromatic rings. The van der Waals surface area contributed by atoms with Gasteiger partial charge < -0.3 is 20.3 Å². The number of nitrogens with one attached hydrogen (secondary N) is 2. The SMILES string of the molecule is CC(=O)N1CCN(C2(c3ccc(NC(=O)C4=NCC(C#N)N4)c(C4=CCC(C)(C)CC4)c3)CCOCC2)CC1. The van der Waals surface area contributed by atoms with Crippen LogP contribution < -0.4 is 10.6 Å². The van der Waals surface area contributed by atoms with Crippen LogP contribution in [-0.2, 0) is 19.9 Å². The van der Waals surface area contributed by atoms with E-state index >= 15 is 0 Å². The van der Waals surface area contributed by atoms with Crippen molar-refractivity contribution in [2.45, 2.75) is 64.5 Å². The van der Waals surface area contributed by atoms with Gasteiger partial charge in [-0.1, -0.05) is 26.0 Å². The summed E-state index contributed by atoms with van der Waals surface area (Å²) in [5.74, 6) is 0.0202. The molecule has 2 fully saturated rings. The van der Waals surface area contributed by atoms with E-state index in [1.807, 2.05) is 11.0 Å². The van der Waals surface area contributed by atoms with Crippen LogP contribution in [0, 0.1) is 16.7 Å². The van der Waals surface area contributed by atoms with Crippen molar-refractivity contribution in [3.8, 4) is 6.07 Å². The van der Waals surface area contributed by atoms with E-state index in [0.29, 0.717) is 13.2 Å². The van der Waals surface area contributed by atoms with Gasteiger partial charge in [0.25, 0.3) is 5.91 Å². The van der Waals surface area contributed by atoms with Crippen molar-refractivity contribution in [2.24, 2.45) is 10.4 Å². The number of carbonyl (C=O) groups is 2. The van der Waals surface area contributed by atoms with Crippen LogP contribution in [0.15, 0.2) is 29.3 Å². The fourth-order valence-electron chi connectivity index (χ4n) is 6.31. The second-order valence-electron chi connectivity index (χ2n) is 12.0. The van der Waals surface area contributed by atoms with Gasteiger partial charge in [-0.15, -0.1) is 0 Å². The molecule has 1 atom stereocenters. The van der Waals surface area contributed by atoms with Crippen molar-refractivity contribution in [2.75, 3.05) is 51.3 Å². The van der Waals surface area contributed by atoms with E-state index in [2.05, 4.69) is 58.7 Å². The zero-order valence-corrected chi connectivity index (χ0v) is 23.4. The van der Waals surface area contributed by atoms with Crippen LogP contribution in [0.1, 0.15) is 64.0 Å². The average Bonchev–Trinajstić information content (AvgIpc) is 3.44. The van der Waals surface area contributed by atoms with Gasteiger partial charge in [-0.25, -0.2) is 0 Å². The number of nitriles is 1. The predicted octanol–water partition coefficient (Wildman–Crippen LogP) is 3.28. The average molecular weight is 533 g/mol. The molecule has 9 heteroatoms. The third-order valence-electron chi connectivity index (χ3n) is 8.89. The zero-order chi connectivity index (χ0) is 27.6. The summed E-state index contributed by atoms with van der Waals surface area (Å²) in [6.45, 7) is 11.0. The maximum absolute atomic E-state index is 13.1. The molecule has 0 aromatic heterocycles. The molecular formula is C30H40N6O3. The van der Waals surface area contributed by atoms with Crippen LogP contribution >= 0.6 is 0 Å². The van der Waals surface area contributed by atoms with Crippen molar-refractivity contribution in [1.82, 2.24) is 15.1 Å². The first-order valence-corrected chi connectivity index (χ1v) is 14.1. The van der Waals surface area contributed by atoms with Crippen molar-refractivity contribution in [1.29, 1.82) is 5.26 Å². The Morgan fingerprint density at radius 1 is 1.15 bits per heavy atom. The molecule has 5 rings (SSSR count). The Morgan fingerprint density at radius 3 is 2.51 bits per heavy atom. The summed E-state index contributed by atoms with van der Waals surface area (Å²) < 4.78 is 5.81. The Morgan fingerprint density at radius 2 is 1.90 bits per heavy atom. The van der Waals surface area contributed by atoms with Crippen molar-refractivity contribution in [3.63, 3.8) is 0 Å². The molecule has 0 spiro atoms. The first-order chi connectivity index (χ1) is 18.7. The minimum absolute atomic E-state index is 0.132. The highest BCUT2D eigenvalue weighted by Gasteiger charge is 2.42. The Labute approximate surface area is 231 Å². The third kappa shape index (κ3) is 5.73. The number of aliphatic imine (C=N–C) groups is 1. The lowest BCUT2D eigenvalue weighted by molar-refractivity contribution is -0.132. The normalized spacial score (nSPS) is 24.7. The molecule has 1 aromatic carbocycles. The lowest BCUT2D eigenvalue weighted by atomic mass is 9.75. The van der Waals surface area contributed by atoms with Gasteiger partial charge >= 0.3 is 0 Å². The summed E-state index contributed by atoms with van der Waals surface area (Å²) in [4.78, 5) is 33.8. The Bertz CT molecular complexity index is 1220. The summed E-state index contributed by atoms with van der Waals surface area (Å²) in [6, 6.07) is 8.12. The second-order valence-corrected chi connectivity index (χ2v) is 12.0. The molecule has 3 aliphatic heterocycles. The van der Waals surface area contributed by atoms with Crippen molar-refractivity contribution >= 4 is 28.9 Å². The van der Waals surface area contributed by atoms with Crippen LogP contribution in [0.5, 0.6) is 0 Å². The number of hydrogen-bond donors (Lipinski definition) is 2. The summed E-state index contributed by atoms with van der Waals surface area (Å²) in [5, 5.41) is 15.2. The molecule has 4 aliphatic rings. The number of amidine groups is 1. The minimum atomic E-state index is -0.465. The van der Waals surface area contributed by atoms with Gasteiger partial charge in [-0.2, -0.15) is 5.26 Å². The van der Waals surface area contributed by atoms with Gasteiger partial charge in [0, 0.05) is 57.6 Å². The van der Waals surface area contributed by atoms with Gasteiger partial charge in [0.1, 0.15) is 6.04 Å². The monoisotopic (exact) mass is 532 g/mol. The predicted molar refractivity (Wildman–Crippen MR) is 151 cm³/mol. The van der Waals surface area contributed by atoms with Crippen molar-refractivity contribution in [3.05, 3.63) is 35.4 Å². The molecular weight excluding hydrogens is 492 g/mol. The lowest BCUT2D eigenvalue weighted by Crippen LogP contribution is -2.57. The number of rotatable bonds is 5. The number of benzene rings is 1. The summed E-state index contributed by atoms with van der Waals surface area (Å²) >= 11 is 0. The van der Waals surface area contributed by atoms with E-state index in [1.54, 1.807) is 6.92 Å². The first kappa shape index (κ1) is 27.4. The topological polar surface area (TPSA) is 110 Å². The number of hydrogen-bond acceptors (Lipinski definition) is 7. The van der Waals surface area contributed by atoms with Gasteiger partial charge in [-0.3, -0.25) is 19.5 Å². The van der Waals surface area contributed by atoms with E-state index in [1.165, 1.54) is 11.1 Å². The van der Waals surface area contributed by atoms with E-state index in [0.717, 1.165) is 69.5 Å². The molecule has 1 unspecified atom stereocenters. The number of ether oxygens (including phenoxy) is 1. The number of nitrogens with zero attached hydrogens (tertiary/aromatic N) is 4. The molecule has 39 heavy (non-hydrogen) atoms. The Hall–Kier alpha value is -3.22. The molecule has 2 saturated heterocycles. The molecule has 0 radical (unpaired) electrons. The molecule has 208 valence electrons. The minimum Gasteiger partial charge on any atom is -0.381 e. The third-order valence-corrected chi connectivity index (χ3v) is 8.89. The van der Waals surface area contributed by atoms with Gasteiger partial charge in [0.2, 0.25) is 5.91 Å². The number of piperazine rings is 1. The van der Waals surface area contributed by atoms with Gasteiger partial charge in [-0.05, 0) is 60.8 Å². The quantitative estimate of drug-likeness (QED) is 0.602.